The summed E-state index contributed by atoms with van der Waals surface area (Å²) in [7, 11) is 0. The lowest BCUT2D eigenvalue weighted by Crippen LogP contribution is -1.79. The highest BCUT2D eigenvalue weighted by Gasteiger charge is 2.11. The Labute approximate surface area is 91.5 Å². The van der Waals surface area contributed by atoms with Crippen molar-refractivity contribution >= 4 is 11.1 Å². The molecular formula is C12H10N2O2. The van der Waals surface area contributed by atoms with E-state index in [1.807, 2.05) is 25.1 Å². The predicted molar refractivity (Wildman–Crippen MR) is 60.2 cm³/mol. The van der Waals surface area contributed by atoms with E-state index in [-0.39, 0.29) is 5.75 Å². The number of para-hydroxylation sites is 1. The lowest BCUT2D eigenvalue weighted by Gasteiger charge is -2.00. The zero-order valence-electron chi connectivity index (χ0n) is 8.69. The summed E-state index contributed by atoms with van der Waals surface area (Å²) < 4.78 is 5.13. The molecule has 2 heterocycles. The fourth-order valence-electron chi connectivity index (χ4n) is 1.79. The third-order valence-electron chi connectivity index (χ3n) is 2.62. The van der Waals surface area contributed by atoms with E-state index in [4.69, 9.17) is 4.52 Å². The first kappa shape index (κ1) is 9.03. The molecule has 0 aliphatic heterocycles. The number of aromatic hydroxyl groups is 1. The number of rotatable bonds is 1. The molecule has 2 aromatic heterocycles. The number of hydrogen-bond donors (Lipinski definition) is 2. The molecule has 1 aromatic carbocycles. The molecule has 4 nitrogen and oxygen atoms in total. The van der Waals surface area contributed by atoms with Crippen LogP contribution in [-0.4, -0.2) is 15.2 Å². The molecule has 3 rings (SSSR count). The van der Waals surface area contributed by atoms with Crippen LogP contribution in [0.25, 0.3) is 22.4 Å². The highest BCUT2D eigenvalue weighted by atomic mass is 16.5. The van der Waals surface area contributed by atoms with Crippen LogP contribution in [0.1, 0.15) is 5.69 Å². The van der Waals surface area contributed by atoms with Crippen molar-refractivity contribution < 1.29 is 9.63 Å². The van der Waals surface area contributed by atoms with Gasteiger partial charge in [-0.15, -0.1) is 0 Å². The summed E-state index contributed by atoms with van der Waals surface area (Å²) in [5.74, 6) is 0.247. The number of H-pyrrole nitrogens is 1. The Morgan fingerprint density at radius 2 is 2.12 bits per heavy atom. The molecule has 0 bridgehead atoms. The number of phenolic OH excluding ortho intramolecular Hbond substituents is 1. The minimum atomic E-state index is 0.247. The van der Waals surface area contributed by atoms with Gasteiger partial charge < -0.3 is 14.6 Å². The van der Waals surface area contributed by atoms with Crippen molar-refractivity contribution in [3.63, 3.8) is 0 Å². The fourth-order valence-corrected chi connectivity index (χ4v) is 1.79. The average molecular weight is 214 g/mol. The Kier molecular flexibility index (Phi) is 1.77. The lowest BCUT2D eigenvalue weighted by atomic mass is 10.1. The van der Waals surface area contributed by atoms with Crippen LogP contribution in [0.5, 0.6) is 5.75 Å². The maximum atomic E-state index is 9.73. The highest BCUT2D eigenvalue weighted by molar-refractivity contribution is 5.84. The van der Waals surface area contributed by atoms with Gasteiger partial charge in [-0.05, 0) is 19.1 Å². The summed E-state index contributed by atoms with van der Waals surface area (Å²) in [5, 5.41) is 13.6. The van der Waals surface area contributed by atoms with Gasteiger partial charge in [0.2, 0.25) is 0 Å². The first-order valence-corrected chi connectivity index (χ1v) is 4.99. The van der Waals surface area contributed by atoms with Gasteiger partial charge in [-0.2, -0.15) is 0 Å². The monoisotopic (exact) mass is 214 g/mol. The third-order valence-corrected chi connectivity index (χ3v) is 2.62. The van der Waals surface area contributed by atoms with Gasteiger partial charge in [-0.1, -0.05) is 17.3 Å². The Balaban J connectivity index is 2.23. The van der Waals surface area contributed by atoms with Gasteiger partial charge in [-0.3, -0.25) is 0 Å². The molecule has 0 atom stereocenters. The van der Waals surface area contributed by atoms with Gasteiger partial charge in [0.1, 0.15) is 17.0 Å². The number of aromatic nitrogens is 2. The summed E-state index contributed by atoms with van der Waals surface area (Å²) in [6, 6.07) is 9.01. The minimum Gasteiger partial charge on any atom is -0.507 e. The largest absolute Gasteiger partial charge is 0.507 e. The van der Waals surface area contributed by atoms with Crippen molar-refractivity contribution in [2.24, 2.45) is 0 Å². The zero-order chi connectivity index (χ0) is 11.1. The molecule has 0 radical (unpaired) electrons. The number of aryl methyl sites for hydroxylation is 1. The highest BCUT2D eigenvalue weighted by Crippen LogP contribution is 2.31. The van der Waals surface area contributed by atoms with E-state index in [1.54, 1.807) is 12.1 Å². The zero-order valence-corrected chi connectivity index (χ0v) is 8.69. The van der Waals surface area contributed by atoms with Crippen LogP contribution in [0.15, 0.2) is 34.9 Å². The molecule has 0 amide bonds. The van der Waals surface area contributed by atoms with Gasteiger partial charge in [0.05, 0.1) is 5.69 Å². The fraction of sp³-hybridized carbons (Fsp3) is 0.0833. The predicted octanol–water partition coefficient (Wildman–Crippen LogP) is 2.84. The Morgan fingerprint density at radius 1 is 1.31 bits per heavy atom. The molecule has 0 fully saturated rings. The van der Waals surface area contributed by atoms with Crippen LogP contribution in [0.3, 0.4) is 0 Å². The molecule has 0 saturated carbocycles. The van der Waals surface area contributed by atoms with E-state index in [9.17, 15) is 5.11 Å². The van der Waals surface area contributed by atoms with Crippen molar-refractivity contribution in [3.8, 4) is 17.0 Å². The quantitative estimate of drug-likeness (QED) is 0.654. The molecule has 0 aliphatic rings. The van der Waals surface area contributed by atoms with E-state index >= 15 is 0 Å². The van der Waals surface area contributed by atoms with Gasteiger partial charge in [-0.25, -0.2) is 0 Å². The molecule has 2 N–H and O–H groups in total. The number of hydrogen-bond acceptors (Lipinski definition) is 3. The number of aromatic amines is 1. The molecular weight excluding hydrogens is 204 g/mol. The van der Waals surface area contributed by atoms with Crippen molar-refractivity contribution in [2.75, 3.05) is 0 Å². The normalized spacial score (nSPS) is 11.1. The second kappa shape index (κ2) is 3.13. The maximum Gasteiger partial charge on any atom is 0.185 e. The summed E-state index contributed by atoms with van der Waals surface area (Å²) in [5.41, 5.74) is 3.98. The summed E-state index contributed by atoms with van der Waals surface area (Å²) in [6.45, 7) is 1.87. The standard InChI is InChI=1S/C12H10N2O2/c1-7-12-11(16-14-7)6-9(13-12)8-4-2-3-5-10(8)15/h2-6,13,15H,1H3. The van der Waals surface area contributed by atoms with Crippen LogP contribution < -0.4 is 0 Å². The summed E-state index contributed by atoms with van der Waals surface area (Å²) in [4.78, 5) is 3.18. The maximum absolute atomic E-state index is 9.73. The van der Waals surface area contributed by atoms with Gasteiger partial charge in [0.25, 0.3) is 0 Å². The first-order valence-electron chi connectivity index (χ1n) is 4.99. The number of benzene rings is 1. The van der Waals surface area contributed by atoms with E-state index < -0.39 is 0 Å². The number of nitrogens with zero attached hydrogens (tertiary/aromatic N) is 1. The van der Waals surface area contributed by atoms with Crippen molar-refractivity contribution in [1.29, 1.82) is 0 Å². The van der Waals surface area contributed by atoms with Crippen LogP contribution in [0.4, 0.5) is 0 Å². The van der Waals surface area contributed by atoms with Gasteiger partial charge in [0.15, 0.2) is 5.58 Å². The number of fused-ring (bicyclic) bond motifs is 1. The Morgan fingerprint density at radius 3 is 2.88 bits per heavy atom. The second-order valence-corrected chi connectivity index (χ2v) is 3.71. The summed E-state index contributed by atoms with van der Waals surface area (Å²) in [6.07, 6.45) is 0. The van der Waals surface area contributed by atoms with Crippen molar-refractivity contribution in [2.45, 2.75) is 6.92 Å². The number of nitrogens with one attached hydrogen (secondary N) is 1. The van der Waals surface area contributed by atoms with Gasteiger partial charge in [0, 0.05) is 11.6 Å². The summed E-state index contributed by atoms with van der Waals surface area (Å²) >= 11 is 0. The van der Waals surface area contributed by atoms with Crippen molar-refractivity contribution in [1.82, 2.24) is 10.1 Å². The van der Waals surface area contributed by atoms with E-state index in [1.165, 1.54) is 0 Å². The Bertz CT molecular complexity index is 652. The first-order chi connectivity index (χ1) is 7.75. The number of phenols is 1. The molecule has 16 heavy (non-hydrogen) atoms. The average Bonchev–Trinajstić information content (AvgIpc) is 2.82. The second-order valence-electron chi connectivity index (χ2n) is 3.71. The molecule has 0 unspecified atom stereocenters. The van der Waals surface area contributed by atoms with E-state index in [0.717, 1.165) is 22.5 Å². The molecule has 80 valence electrons. The molecule has 0 spiro atoms. The van der Waals surface area contributed by atoms with Crippen LogP contribution in [0.2, 0.25) is 0 Å². The molecule has 0 aliphatic carbocycles. The van der Waals surface area contributed by atoms with Crippen LogP contribution >= 0.6 is 0 Å². The van der Waals surface area contributed by atoms with Crippen LogP contribution in [0, 0.1) is 6.92 Å². The van der Waals surface area contributed by atoms with E-state index in [0.29, 0.717) is 5.58 Å². The lowest BCUT2D eigenvalue weighted by molar-refractivity contribution is 0.450. The van der Waals surface area contributed by atoms with E-state index in [2.05, 4.69) is 10.1 Å². The Hall–Kier alpha value is -2.23. The molecule has 4 heteroatoms. The smallest absolute Gasteiger partial charge is 0.185 e. The van der Waals surface area contributed by atoms with Gasteiger partial charge >= 0.3 is 0 Å². The molecule has 3 aromatic rings. The topological polar surface area (TPSA) is 62.1 Å². The third kappa shape index (κ3) is 1.20. The minimum absolute atomic E-state index is 0.247. The molecule has 0 saturated heterocycles. The van der Waals surface area contributed by atoms with Crippen molar-refractivity contribution in [3.05, 3.63) is 36.0 Å². The SMILES string of the molecule is Cc1noc2cc(-c3ccccc3O)[nH]c12. The van der Waals surface area contributed by atoms with Crippen LogP contribution in [-0.2, 0) is 0 Å².